The first-order chi connectivity index (χ1) is 47.0. The molecule has 0 saturated carbocycles. The fraction of sp³-hybridized carbons (Fsp3) is 0.910. The molecule has 0 aromatic carbocycles. The van der Waals surface area contributed by atoms with E-state index in [9.17, 15) is 19.8 Å². The van der Waals surface area contributed by atoms with Gasteiger partial charge in [-0.1, -0.05) is 455 Å². The van der Waals surface area contributed by atoms with Crippen LogP contribution in [-0.2, 0) is 14.3 Å². The summed E-state index contributed by atoms with van der Waals surface area (Å²) >= 11 is 0. The van der Waals surface area contributed by atoms with Gasteiger partial charge >= 0.3 is 5.97 Å². The van der Waals surface area contributed by atoms with Crippen molar-refractivity contribution in [1.82, 2.24) is 5.32 Å². The van der Waals surface area contributed by atoms with Crippen LogP contribution in [0.5, 0.6) is 0 Å². The number of amides is 1. The number of carbonyl (C=O) groups is 2. The normalized spacial score (nSPS) is 12.6. The summed E-state index contributed by atoms with van der Waals surface area (Å²) in [4.78, 5) is 24.7. The van der Waals surface area contributed by atoms with E-state index in [1.807, 2.05) is 6.08 Å². The second-order valence-electron chi connectivity index (χ2n) is 30.2. The Kier molecular flexibility index (Phi) is 82.8. The lowest BCUT2D eigenvalue weighted by Crippen LogP contribution is -2.45. The first-order valence-corrected chi connectivity index (χ1v) is 43.8. The lowest BCUT2D eigenvalue weighted by Gasteiger charge is -2.20. The van der Waals surface area contributed by atoms with E-state index in [0.29, 0.717) is 19.4 Å². The van der Waals surface area contributed by atoms with Gasteiger partial charge in [0.2, 0.25) is 5.91 Å². The zero-order valence-corrected chi connectivity index (χ0v) is 64.7. The molecule has 0 spiro atoms. The molecule has 6 heteroatoms. The Labute approximate surface area is 595 Å². The van der Waals surface area contributed by atoms with Gasteiger partial charge < -0.3 is 20.3 Å². The summed E-state index contributed by atoms with van der Waals surface area (Å²) in [6.07, 6.45) is 112. The number of esters is 1. The molecule has 0 fully saturated rings. The molecule has 0 aromatic rings. The van der Waals surface area contributed by atoms with Crippen molar-refractivity contribution >= 4 is 11.9 Å². The van der Waals surface area contributed by atoms with Crippen molar-refractivity contribution in [1.29, 1.82) is 0 Å². The summed E-state index contributed by atoms with van der Waals surface area (Å²) in [5, 5.41) is 23.3. The Hall–Kier alpha value is -1.92. The fourth-order valence-corrected chi connectivity index (χ4v) is 14.0. The van der Waals surface area contributed by atoms with Crippen LogP contribution < -0.4 is 5.32 Å². The molecule has 0 aliphatic rings. The second kappa shape index (κ2) is 84.5. The van der Waals surface area contributed by atoms with Gasteiger partial charge in [-0.2, -0.15) is 0 Å². The SMILES string of the molecule is CCCCC/C=C\C/C=C\CCCCCCCCCCCC(=O)OCCCCCCCCCCCCCCCCCCCCCCCCCCCCCCCCCCCCCCCC(=O)NC(CO)C(O)/C=C/CCCCCCCCCCCCCCCCCCCCCC. The van der Waals surface area contributed by atoms with Crippen molar-refractivity contribution < 1.29 is 24.5 Å². The summed E-state index contributed by atoms with van der Waals surface area (Å²) in [7, 11) is 0. The number of nitrogens with one attached hydrogen (secondary N) is 1. The van der Waals surface area contributed by atoms with E-state index in [4.69, 9.17) is 4.74 Å². The molecule has 0 aliphatic heterocycles. The number of unbranched alkanes of at least 4 members (excludes halogenated alkanes) is 68. The average molecular weight is 1340 g/mol. The third-order valence-corrected chi connectivity index (χ3v) is 20.7. The number of rotatable bonds is 83. The Morgan fingerprint density at radius 3 is 0.821 bits per heavy atom. The van der Waals surface area contributed by atoms with E-state index in [-0.39, 0.29) is 18.5 Å². The molecule has 3 N–H and O–H groups in total. The minimum absolute atomic E-state index is 0.0203. The Morgan fingerprint density at radius 2 is 0.526 bits per heavy atom. The highest BCUT2D eigenvalue weighted by molar-refractivity contribution is 5.76. The molecule has 6 nitrogen and oxygen atoms in total. The topological polar surface area (TPSA) is 95.9 Å². The van der Waals surface area contributed by atoms with Gasteiger partial charge in [-0.05, 0) is 64.2 Å². The summed E-state index contributed by atoms with van der Waals surface area (Å²) < 4.78 is 5.52. The number of aliphatic hydroxyl groups is 2. The second-order valence-corrected chi connectivity index (χ2v) is 30.2. The average Bonchev–Trinajstić information content (AvgIpc) is 3.35. The summed E-state index contributed by atoms with van der Waals surface area (Å²) in [6, 6.07) is -0.625. The van der Waals surface area contributed by atoms with Gasteiger partial charge in [0, 0.05) is 12.8 Å². The monoisotopic (exact) mass is 1330 g/mol. The molecule has 95 heavy (non-hydrogen) atoms. The number of aliphatic hydroxyl groups excluding tert-OH is 2. The Morgan fingerprint density at radius 1 is 0.295 bits per heavy atom. The number of ether oxygens (including phenoxy) is 1. The molecule has 1 amide bonds. The molecule has 2 atom stereocenters. The molecule has 0 radical (unpaired) electrons. The van der Waals surface area contributed by atoms with Crippen LogP contribution in [0.3, 0.4) is 0 Å². The molecule has 562 valence electrons. The molecular formula is C89H171NO5. The smallest absolute Gasteiger partial charge is 0.305 e. The maximum absolute atomic E-state index is 12.6. The van der Waals surface area contributed by atoms with Crippen molar-refractivity contribution in [2.45, 2.75) is 508 Å². The van der Waals surface area contributed by atoms with E-state index in [0.717, 1.165) is 44.9 Å². The van der Waals surface area contributed by atoms with E-state index >= 15 is 0 Å². The van der Waals surface area contributed by atoms with E-state index in [2.05, 4.69) is 43.5 Å². The van der Waals surface area contributed by atoms with Gasteiger partial charge in [-0.25, -0.2) is 0 Å². The standard InChI is InChI=1S/C89H171NO5/c1-3-5-7-9-11-13-15-17-19-21-23-24-42-46-49-53-57-61-65-69-73-77-81-87(92)86(85-91)90-88(93)82-78-74-70-66-62-58-54-50-47-43-40-38-36-34-32-30-28-26-25-27-29-31-33-35-37-39-41-44-48-52-56-60-64-68-72-76-80-84-95-89(94)83-79-75-71-67-63-59-55-51-45-22-20-18-16-14-12-10-8-6-4-2/h12,14,18,20,77,81,86-87,91-92H,3-11,13,15-17,19,21-76,78-80,82-85H2,1-2H3,(H,90,93)/b14-12-,20-18-,81-77+. The minimum Gasteiger partial charge on any atom is -0.466 e. The number of hydrogen-bond donors (Lipinski definition) is 3. The predicted octanol–water partition coefficient (Wildman–Crippen LogP) is 29.3. The lowest BCUT2D eigenvalue weighted by molar-refractivity contribution is -0.143. The van der Waals surface area contributed by atoms with Gasteiger partial charge in [0.05, 0.1) is 25.4 Å². The first kappa shape index (κ1) is 93.1. The van der Waals surface area contributed by atoms with Crippen LogP contribution in [0.2, 0.25) is 0 Å². The molecule has 2 unspecified atom stereocenters. The van der Waals surface area contributed by atoms with Crippen LogP contribution >= 0.6 is 0 Å². The van der Waals surface area contributed by atoms with Gasteiger partial charge in [-0.3, -0.25) is 9.59 Å². The summed E-state index contributed by atoms with van der Waals surface area (Å²) in [5.41, 5.74) is 0. The van der Waals surface area contributed by atoms with Crippen molar-refractivity contribution in [2.24, 2.45) is 0 Å². The highest BCUT2D eigenvalue weighted by Gasteiger charge is 2.18. The summed E-state index contributed by atoms with van der Waals surface area (Å²) in [5.74, 6) is -0.0366. The quantitative estimate of drug-likeness (QED) is 0.0320. The Bertz CT molecular complexity index is 1540. The number of allylic oxidation sites excluding steroid dienone is 5. The largest absolute Gasteiger partial charge is 0.466 e. The molecule has 0 aromatic heterocycles. The lowest BCUT2D eigenvalue weighted by atomic mass is 10.0. The molecule has 0 rings (SSSR count). The molecule has 0 heterocycles. The van der Waals surface area contributed by atoms with Gasteiger partial charge in [-0.15, -0.1) is 0 Å². The third kappa shape index (κ3) is 80.9. The maximum atomic E-state index is 12.6. The predicted molar refractivity (Wildman–Crippen MR) is 421 cm³/mol. The van der Waals surface area contributed by atoms with Crippen LogP contribution in [-0.4, -0.2) is 47.4 Å². The molecular weight excluding hydrogens is 1160 g/mol. The summed E-state index contributed by atoms with van der Waals surface area (Å²) in [6.45, 7) is 4.94. The van der Waals surface area contributed by atoms with Crippen LogP contribution in [0.15, 0.2) is 36.5 Å². The zero-order valence-electron chi connectivity index (χ0n) is 64.7. The van der Waals surface area contributed by atoms with E-state index in [1.54, 1.807) is 6.08 Å². The minimum atomic E-state index is -0.842. The zero-order chi connectivity index (χ0) is 68.4. The van der Waals surface area contributed by atoms with Gasteiger partial charge in [0.1, 0.15) is 0 Å². The highest BCUT2D eigenvalue weighted by Crippen LogP contribution is 2.21. The Balaban J connectivity index is 3.32. The van der Waals surface area contributed by atoms with Gasteiger partial charge in [0.15, 0.2) is 0 Å². The number of carbonyl (C=O) groups excluding carboxylic acids is 2. The number of hydrogen-bond acceptors (Lipinski definition) is 5. The van der Waals surface area contributed by atoms with Crippen LogP contribution in [0.25, 0.3) is 0 Å². The van der Waals surface area contributed by atoms with E-state index in [1.165, 1.54) is 424 Å². The fourth-order valence-electron chi connectivity index (χ4n) is 14.0. The van der Waals surface area contributed by atoms with Gasteiger partial charge in [0.25, 0.3) is 0 Å². The van der Waals surface area contributed by atoms with Crippen molar-refractivity contribution in [3.63, 3.8) is 0 Å². The van der Waals surface area contributed by atoms with Crippen LogP contribution in [0, 0.1) is 0 Å². The van der Waals surface area contributed by atoms with Crippen molar-refractivity contribution in [2.75, 3.05) is 13.2 Å². The van der Waals surface area contributed by atoms with Crippen molar-refractivity contribution in [3.8, 4) is 0 Å². The third-order valence-electron chi connectivity index (χ3n) is 20.7. The first-order valence-electron chi connectivity index (χ1n) is 43.8. The molecule has 0 aliphatic carbocycles. The highest BCUT2D eigenvalue weighted by atomic mass is 16.5. The van der Waals surface area contributed by atoms with Crippen LogP contribution in [0.1, 0.15) is 495 Å². The van der Waals surface area contributed by atoms with Crippen LogP contribution in [0.4, 0.5) is 0 Å². The van der Waals surface area contributed by atoms with E-state index < -0.39 is 12.1 Å². The molecule has 0 bridgehead atoms. The maximum Gasteiger partial charge on any atom is 0.305 e. The molecule has 0 saturated heterocycles. The van der Waals surface area contributed by atoms with Crippen molar-refractivity contribution in [3.05, 3.63) is 36.5 Å².